The molecule has 1 aliphatic rings. The number of rotatable bonds is 7. The average Bonchev–Trinajstić information content (AvgIpc) is 3.02. The topological polar surface area (TPSA) is 124 Å². The van der Waals surface area contributed by atoms with Crippen LogP contribution in [0.1, 0.15) is 31.1 Å². The third-order valence-corrected chi connectivity index (χ3v) is 5.54. The molecule has 1 aromatic carbocycles. The molecule has 0 saturated heterocycles. The Morgan fingerprint density at radius 3 is 2.60 bits per heavy atom. The maximum absolute atomic E-state index is 12.8. The highest BCUT2D eigenvalue weighted by atomic mass is 35.5. The fraction of sp³-hybridized carbons (Fsp3) is 0.467. The van der Waals surface area contributed by atoms with E-state index in [9.17, 15) is 26.4 Å². The predicted octanol–water partition coefficient (Wildman–Crippen LogP) is 1.98. The first-order valence-corrected chi connectivity index (χ1v) is 10.6. The Bertz CT molecular complexity index is 939. The summed E-state index contributed by atoms with van der Waals surface area (Å²) in [6.07, 6.45) is -5.11. The smallest absolute Gasteiger partial charge is 0.403 e. The lowest BCUT2D eigenvalue weighted by Crippen LogP contribution is -2.47. The second-order valence-corrected chi connectivity index (χ2v) is 8.63. The minimum atomic E-state index is -5.11. The van der Waals surface area contributed by atoms with Gasteiger partial charge in [-0.15, -0.1) is 23.8 Å². The number of hydrogen-bond acceptors (Lipinski definition) is 8. The normalized spacial score (nSPS) is 14.4. The maximum Gasteiger partial charge on any atom is 0.573 e. The van der Waals surface area contributed by atoms with Crippen LogP contribution in [0.3, 0.4) is 0 Å². The molecule has 0 aromatic heterocycles. The molecule has 0 saturated carbocycles. The molecule has 0 spiro atoms. The van der Waals surface area contributed by atoms with Crippen molar-refractivity contribution in [1.82, 2.24) is 21.4 Å². The number of carbonyl (C=O) groups is 1. The van der Waals surface area contributed by atoms with E-state index < -0.39 is 38.8 Å². The van der Waals surface area contributed by atoms with Crippen molar-refractivity contribution >= 4 is 39.2 Å². The predicted molar refractivity (Wildman–Crippen MR) is 104 cm³/mol. The molecule has 1 heterocycles. The van der Waals surface area contributed by atoms with Crippen molar-refractivity contribution in [2.24, 2.45) is 11.0 Å². The van der Waals surface area contributed by atoms with Crippen LogP contribution >= 0.6 is 11.6 Å². The highest BCUT2D eigenvalue weighted by molar-refractivity contribution is 7.92. The van der Waals surface area contributed by atoms with Crippen molar-refractivity contribution in [1.29, 1.82) is 0 Å². The number of halogens is 4. The molecule has 4 N–H and O–H groups in total. The molecule has 2 rings (SSSR count). The number of nitrogens with one attached hydrogen (secondary N) is 4. The molecule has 1 aromatic rings. The number of amides is 1. The van der Waals surface area contributed by atoms with E-state index in [0.29, 0.717) is 6.54 Å². The zero-order valence-corrected chi connectivity index (χ0v) is 17.7. The summed E-state index contributed by atoms with van der Waals surface area (Å²) in [7, 11) is -4.08. The number of alkyl halides is 3. The molecular formula is C15H20ClF3N6O4S. The van der Waals surface area contributed by atoms with Gasteiger partial charge in [-0.3, -0.25) is 19.8 Å². The second kappa shape index (κ2) is 9.14. The molecule has 0 unspecified atom stereocenters. The molecule has 15 heteroatoms. The minimum absolute atomic E-state index is 0.0797. The number of hydrazine groups is 2. The van der Waals surface area contributed by atoms with Crippen LogP contribution in [0.25, 0.3) is 0 Å². The van der Waals surface area contributed by atoms with Gasteiger partial charge in [0.1, 0.15) is 5.69 Å². The quantitative estimate of drug-likeness (QED) is 0.478. The molecule has 0 radical (unpaired) electrons. The van der Waals surface area contributed by atoms with Crippen LogP contribution in [0.2, 0.25) is 5.02 Å². The van der Waals surface area contributed by atoms with Crippen molar-refractivity contribution in [3.8, 4) is 5.75 Å². The lowest BCUT2D eigenvalue weighted by molar-refractivity contribution is -0.274. The van der Waals surface area contributed by atoms with Crippen molar-refractivity contribution in [2.45, 2.75) is 27.1 Å². The van der Waals surface area contributed by atoms with E-state index >= 15 is 0 Å². The van der Waals surface area contributed by atoms with Gasteiger partial charge in [0.2, 0.25) is 16.0 Å². The van der Waals surface area contributed by atoms with Crippen LogP contribution in [0, 0.1) is 5.92 Å². The summed E-state index contributed by atoms with van der Waals surface area (Å²) >= 11 is 6.12. The summed E-state index contributed by atoms with van der Waals surface area (Å²) in [5.74, 6) is -2.35. The highest BCUT2D eigenvalue weighted by Crippen LogP contribution is 2.39. The number of benzene rings is 1. The van der Waals surface area contributed by atoms with E-state index in [4.69, 9.17) is 11.6 Å². The Morgan fingerprint density at radius 1 is 1.37 bits per heavy atom. The molecule has 10 nitrogen and oxygen atoms in total. The van der Waals surface area contributed by atoms with Crippen molar-refractivity contribution in [3.63, 3.8) is 0 Å². The molecule has 1 amide bonds. The van der Waals surface area contributed by atoms with E-state index in [-0.39, 0.29) is 23.2 Å². The van der Waals surface area contributed by atoms with E-state index in [1.54, 1.807) is 20.8 Å². The number of hydrogen-bond donors (Lipinski definition) is 4. The average molecular weight is 473 g/mol. The van der Waals surface area contributed by atoms with Crippen LogP contribution in [-0.2, 0) is 10.0 Å². The third kappa shape index (κ3) is 6.27. The van der Waals surface area contributed by atoms with Gasteiger partial charge in [-0.05, 0) is 25.0 Å². The first-order chi connectivity index (χ1) is 13.8. The lowest BCUT2D eigenvalue weighted by atomic mass is 10.1. The summed E-state index contributed by atoms with van der Waals surface area (Å²) in [5, 5.41) is 7.06. The highest BCUT2D eigenvalue weighted by Gasteiger charge is 2.34. The Kier molecular flexibility index (Phi) is 7.26. The van der Waals surface area contributed by atoms with Crippen LogP contribution in [0.4, 0.5) is 18.9 Å². The zero-order valence-electron chi connectivity index (χ0n) is 16.1. The van der Waals surface area contributed by atoms with Gasteiger partial charge in [-0.25, -0.2) is 14.0 Å². The Morgan fingerprint density at radius 2 is 2.03 bits per heavy atom. The van der Waals surface area contributed by atoms with Gasteiger partial charge in [0, 0.05) is 6.54 Å². The fourth-order valence-electron chi connectivity index (χ4n) is 2.42. The van der Waals surface area contributed by atoms with Crippen LogP contribution in [0.5, 0.6) is 5.75 Å². The first kappa shape index (κ1) is 23.8. The molecule has 0 aliphatic carbocycles. The molecule has 0 atom stereocenters. The fourth-order valence-corrected chi connectivity index (χ4v) is 4.24. The number of ether oxygens (including phenoxy) is 1. The summed E-state index contributed by atoms with van der Waals surface area (Å²) in [6, 6.07) is 1.78. The zero-order chi connectivity index (χ0) is 22.7. The number of carbonyl (C=O) groups excluding carboxylic acids is 1. The molecular weight excluding hydrogens is 453 g/mol. The van der Waals surface area contributed by atoms with Gasteiger partial charge in [-0.2, -0.15) is 0 Å². The van der Waals surface area contributed by atoms with E-state index in [0.717, 1.165) is 12.1 Å². The number of hydrazone groups is 1. The lowest BCUT2D eigenvalue weighted by Gasteiger charge is -2.19. The summed E-state index contributed by atoms with van der Waals surface area (Å²) < 4.78 is 68.7. The molecule has 1 aliphatic heterocycles. The molecule has 168 valence electrons. The minimum Gasteiger partial charge on any atom is -0.403 e. The summed E-state index contributed by atoms with van der Waals surface area (Å²) in [5.41, 5.74) is 4.05. The Balaban J connectivity index is 2.42. The SMILES string of the molecule is CCN1NNN=C1NC(=O)c1ccc(OC(F)(F)F)c(NS(=O)(=O)CC(C)C)c1Cl. The monoisotopic (exact) mass is 472 g/mol. The van der Waals surface area contributed by atoms with E-state index in [1.165, 1.54) is 5.01 Å². The standard InChI is InChI=1S/C15H20ClF3N6O4S/c1-4-25-14(21-23-24-25)20-13(26)9-5-6-10(29-15(17,18)19)12(11(9)16)22-30(27,28)7-8(2)3/h5-6,8,22-24H,4,7H2,1-3H3,(H,20,21,26). The summed E-state index contributed by atoms with van der Waals surface area (Å²) in [6.45, 7) is 5.40. The number of guanidine groups is 1. The van der Waals surface area contributed by atoms with Gasteiger partial charge in [0.05, 0.1) is 16.3 Å². The first-order valence-electron chi connectivity index (χ1n) is 8.59. The van der Waals surface area contributed by atoms with E-state index in [1.807, 2.05) is 4.72 Å². The number of nitrogens with zero attached hydrogens (tertiary/aromatic N) is 2. The van der Waals surface area contributed by atoms with Gasteiger partial charge in [0.25, 0.3) is 5.91 Å². The largest absolute Gasteiger partial charge is 0.573 e. The van der Waals surface area contributed by atoms with Gasteiger partial charge in [-0.1, -0.05) is 25.4 Å². The van der Waals surface area contributed by atoms with Gasteiger partial charge < -0.3 is 4.74 Å². The molecule has 0 fully saturated rings. The number of sulfonamides is 1. The summed E-state index contributed by atoms with van der Waals surface area (Å²) in [4.78, 5) is 12.6. The molecule has 0 bridgehead atoms. The van der Waals surface area contributed by atoms with E-state index in [2.05, 4.69) is 26.2 Å². The Labute approximate surface area is 175 Å². The maximum atomic E-state index is 12.8. The molecule has 30 heavy (non-hydrogen) atoms. The number of anilines is 1. The third-order valence-electron chi connectivity index (χ3n) is 3.53. The van der Waals surface area contributed by atoms with Gasteiger partial charge in [0.15, 0.2) is 5.75 Å². The van der Waals surface area contributed by atoms with Crippen molar-refractivity contribution in [2.75, 3.05) is 17.0 Å². The van der Waals surface area contributed by atoms with Crippen LogP contribution in [0.15, 0.2) is 17.2 Å². The second-order valence-electron chi connectivity index (χ2n) is 6.48. The Hall–Kier alpha value is -2.45. The van der Waals surface area contributed by atoms with Crippen molar-refractivity contribution < 1.29 is 31.1 Å². The van der Waals surface area contributed by atoms with Crippen molar-refractivity contribution in [3.05, 3.63) is 22.7 Å². The van der Waals surface area contributed by atoms with Crippen LogP contribution in [-0.4, -0.2) is 44.0 Å². The van der Waals surface area contributed by atoms with Crippen LogP contribution < -0.4 is 25.8 Å². The van der Waals surface area contributed by atoms with Gasteiger partial charge >= 0.3 is 6.36 Å².